The zero-order valence-corrected chi connectivity index (χ0v) is 10.4. The quantitative estimate of drug-likeness (QED) is 0.422. The molecule has 1 heterocycles. The summed E-state index contributed by atoms with van der Waals surface area (Å²) in [6, 6.07) is 10.2. The molecule has 1 heteroatoms. The third-order valence-corrected chi connectivity index (χ3v) is 3.45. The van der Waals surface area contributed by atoms with E-state index in [4.69, 9.17) is 0 Å². The smallest absolute Gasteiger partial charge is 0.141 e. The molecule has 0 amide bonds. The molecule has 1 saturated heterocycles. The molecule has 0 aliphatic carbocycles. The van der Waals surface area contributed by atoms with Crippen LogP contribution in [0, 0.1) is 11.8 Å². The highest BCUT2D eigenvalue weighted by molar-refractivity contribution is 5.33. The highest BCUT2D eigenvalue weighted by Crippen LogP contribution is 2.18. The first-order chi connectivity index (χ1) is 8.35. The number of benzene rings is 1. The summed E-state index contributed by atoms with van der Waals surface area (Å²) in [4.78, 5) is 0. The second kappa shape index (κ2) is 5.70. The Morgan fingerprint density at radius 3 is 2.53 bits per heavy atom. The van der Waals surface area contributed by atoms with Crippen LogP contribution in [-0.4, -0.2) is 30.7 Å². The van der Waals surface area contributed by atoms with Crippen LogP contribution in [0.5, 0.6) is 0 Å². The van der Waals surface area contributed by atoms with Gasteiger partial charge in [0.1, 0.15) is 6.54 Å². The molecule has 1 aliphatic heterocycles. The van der Waals surface area contributed by atoms with E-state index in [9.17, 15) is 0 Å². The fourth-order valence-corrected chi connectivity index (χ4v) is 2.52. The predicted molar refractivity (Wildman–Crippen MR) is 72.5 cm³/mol. The summed E-state index contributed by atoms with van der Waals surface area (Å²) in [5.74, 6) is 6.60. The molecule has 1 aromatic carbocycles. The topological polar surface area (TPSA) is 0 Å². The summed E-state index contributed by atoms with van der Waals surface area (Å²) >= 11 is 0. The number of likely N-dealkylation sites (tertiary alicyclic amines) is 1. The summed E-state index contributed by atoms with van der Waals surface area (Å²) in [5.41, 5.74) is 1.11. The third-order valence-electron chi connectivity index (χ3n) is 3.45. The number of hydrogen-bond donors (Lipinski definition) is 0. The van der Waals surface area contributed by atoms with Crippen LogP contribution in [0.4, 0.5) is 0 Å². The second-order valence-corrected chi connectivity index (χ2v) is 4.79. The van der Waals surface area contributed by atoms with E-state index in [2.05, 4.69) is 30.6 Å². The average Bonchev–Trinajstić information content (AvgIpc) is 2.80. The maximum atomic E-state index is 3.87. The fourth-order valence-electron chi connectivity index (χ4n) is 2.52. The van der Waals surface area contributed by atoms with Gasteiger partial charge >= 0.3 is 0 Å². The predicted octanol–water partition coefficient (Wildman–Crippen LogP) is 2.83. The van der Waals surface area contributed by atoms with Crippen LogP contribution in [0.2, 0.25) is 0 Å². The first-order valence-electron chi connectivity index (χ1n) is 6.35. The van der Waals surface area contributed by atoms with E-state index in [0.29, 0.717) is 0 Å². The van der Waals surface area contributed by atoms with Gasteiger partial charge < -0.3 is 4.48 Å². The molecule has 0 saturated carbocycles. The van der Waals surface area contributed by atoms with Gasteiger partial charge in [-0.1, -0.05) is 30.7 Å². The normalized spacial score (nSPS) is 17.2. The van der Waals surface area contributed by atoms with Gasteiger partial charge in [-0.05, 0) is 24.1 Å². The van der Waals surface area contributed by atoms with Crippen molar-refractivity contribution in [3.05, 3.63) is 48.6 Å². The number of rotatable bonds is 3. The molecule has 0 spiro atoms. The van der Waals surface area contributed by atoms with E-state index >= 15 is 0 Å². The monoisotopic (exact) mass is 226 g/mol. The zero-order valence-electron chi connectivity index (χ0n) is 10.4. The maximum Gasteiger partial charge on any atom is 0.141 e. The van der Waals surface area contributed by atoms with E-state index < -0.39 is 0 Å². The standard InChI is InChI=1S/C16H20N/c1-2-12-17(13-6-7-14-17)15-8-11-16-9-4-3-5-10-16/h2-5,9-10H,1,6-7,12-15H2/q+1. The van der Waals surface area contributed by atoms with Crippen molar-refractivity contribution in [2.75, 3.05) is 26.2 Å². The van der Waals surface area contributed by atoms with E-state index in [-0.39, 0.29) is 0 Å². The molecule has 1 aromatic rings. The Balaban J connectivity index is 2.01. The van der Waals surface area contributed by atoms with Gasteiger partial charge in [-0.15, -0.1) is 0 Å². The van der Waals surface area contributed by atoms with Crippen molar-refractivity contribution >= 4 is 0 Å². The SMILES string of the molecule is C=CC[N+]1(CC#Cc2ccccc2)CCCC1. The van der Waals surface area contributed by atoms with Crippen molar-refractivity contribution in [1.29, 1.82) is 0 Å². The van der Waals surface area contributed by atoms with Crippen LogP contribution in [0.1, 0.15) is 18.4 Å². The molecule has 2 rings (SSSR count). The minimum atomic E-state index is 0.959. The van der Waals surface area contributed by atoms with Crippen molar-refractivity contribution in [2.24, 2.45) is 0 Å². The lowest BCUT2D eigenvalue weighted by Crippen LogP contribution is -2.45. The number of nitrogens with zero attached hydrogens (tertiary/aromatic N) is 1. The van der Waals surface area contributed by atoms with Crippen molar-refractivity contribution in [2.45, 2.75) is 12.8 Å². The molecule has 1 aliphatic rings. The lowest BCUT2D eigenvalue weighted by molar-refractivity contribution is -0.904. The van der Waals surface area contributed by atoms with Gasteiger partial charge in [0.05, 0.1) is 19.6 Å². The third kappa shape index (κ3) is 3.22. The minimum Gasteiger partial charge on any atom is -0.310 e. The highest BCUT2D eigenvalue weighted by Gasteiger charge is 2.29. The first kappa shape index (κ1) is 12.0. The molecular formula is C16H20N+. The number of hydrogen-bond acceptors (Lipinski definition) is 0. The molecule has 0 radical (unpaired) electrons. The molecule has 1 fully saturated rings. The molecule has 88 valence electrons. The van der Waals surface area contributed by atoms with E-state index in [0.717, 1.165) is 23.1 Å². The van der Waals surface area contributed by atoms with E-state index in [1.165, 1.54) is 25.9 Å². The van der Waals surface area contributed by atoms with Gasteiger partial charge in [0, 0.05) is 18.4 Å². The molecule has 17 heavy (non-hydrogen) atoms. The second-order valence-electron chi connectivity index (χ2n) is 4.79. The lowest BCUT2D eigenvalue weighted by atomic mass is 10.2. The van der Waals surface area contributed by atoms with Gasteiger partial charge in [-0.2, -0.15) is 0 Å². The van der Waals surface area contributed by atoms with Gasteiger partial charge in [-0.25, -0.2) is 0 Å². The summed E-state index contributed by atoms with van der Waals surface area (Å²) in [6.07, 6.45) is 4.71. The van der Waals surface area contributed by atoms with Crippen molar-refractivity contribution in [3.63, 3.8) is 0 Å². The summed E-state index contributed by atoms with van der Waals surface area (Å²) in [5, 5.41) is 0. The summed E-state index contributed by atoms with van der Waals surface area (Å²) in [7, 11) is 0. The van der Waals surface area contributed by atoms with Crippen LogP contribution in [0.15, 0.2) is 43.0 Å². The van der Waals surface area contributed by atoms with Crippen molar-refractivity contribution in [1.82, 2.24) is 0 Å². The van der Waals surface area contributed by atoms with Crippen LogP contribution in [0.3, 0.4) is 0 Å². The maximum absolute atomic E-state index is 3.87. The van der Waals surface area contributed by atoms with Crippen molar-refractivity contribution < 1.29 is 4.48 Å². The molecule has 0 N–H and O–H groups in total. The first-order valence-corrected chi connectivity index (χ1v) is 6.35. The molecule has 0 aromatic heterocycles. The Morgan fingerprint density at radius 1 is 1.18 bits per heavy atom. The van der Waals surface area contributed by atoms with Gasteiger partial charge in [0.15, 0.2) is 0 Å². The molecule has 1 nitrogen and oxygen atoms in total. The fraction of sp³-hybridized carbons (Fsp3) is 0.375. The van der Waals surface area contributed by atoms with Gasteiger partial charge in [-0.3, -0.25) is 0 Å². The summed E-state index contributed by atoms with van der Waals surface area (Å²) < 4.78 is 1.11. The Hall–Kier alpha value is -1.52. The molecule has 0 bridgehead atoms. The number of quaternary nitrogens is 1. The van der Waals surface area contributed by atoms with E-state index in [1.54, 1.807) is 0 Å². The zero-order chi connectivity index (χ0) is 12.0. The molecule has 0 unspecified atom stereocenters. The molecule has 0 atom stereocenters. The van der Waals surface area contributed by atoms with Gasteiger partial charge in [0.25, 0.3) is 0 Å². The van der Waals surface area contributed by atoms with Crippen LogP contribution >= 0.6 is 0 Å². The van der Waals surface area contributed by atoms with Crippen LogP contribution in [0.25, 0.3) is 0 Å². The van der Waals surface area contributed by atoms with E-state index in [1.807, 2.05) is 24.3 Å². The Kier molecular flexibility index (Phi) is 4.01. The Labute approximate surface area is 104 Å². The van der Waals surface area contributed by atoms with Crippen molar-refractivity contribution in [3.8, 4) is 11.8 Å². The highest BCUT2D eigenvalue weighted by atomic mass is 15.4. The van der Waals surface area contributed by atoms with Crippen LogP contribution in [-0.2, 0) is 0 Å². The largest absolute Gasteiger partial charge is 0.310 e. The van der Waals surface area contributed by atoms with Gasteiger partial charge in [0.2, 0.25) is 0 Å². The molecular weight excluding hydrogens is 206 g/mol. The summed E-state index contributed by atoms with van der Waals surface area (Å²) in [6.45, 7) is 8.41. The van der Waals surface area contributed by atoms with Crippen LogP contribution < -0.4 is 0 Å². The average molecular weight is 226 g/mol. The Bertz CT molecular complexity index is 416. The Morgan fingerprint density at radius 2 is 1.88 bits per heavy atom. The minimum absolute atomic E-state index is 0.959. The lowest BCUT2D eigenvalue weighted by Gasteiger charge is -2.30.